The molecule has 0 spiro atoms. The average molecular weight is 361 g/mol. The Labute approximate surface area is 145 Å². The summed E-state index contributed by atoms with van der Waals surface area (Å²) in [5.41, 5.74) is 0. The Morgan fingerprint density at radius 1 is 1.04 bits per heavy atom. The molecular formula is C17H19N3O2S2. The first kappa shape index (κ1) is 16.9. The highest BCUT2D eigenvalue weighted by Gasteiger charge is 2.19. The van der Waals surface area contributed by atoms with E-state index in [-0.39, 0.29) is 4.90 Å². The van der Waals surface area contributed by atoms with Gasteiger partial charge in [-0.1, -0.05) is 55.5 Å². The Kier molecular flexibility index (Phi) is 4.82. The summed E-state index contributed by atoms with van der Waals surface area (Å²) in [7, 11) is -3.67. The van der Waals surface area contributed by atoms with Gasteiger partial charge < -0.3 is 0 Å². The standard InChI is InChI=1S/C17H19N3O2S2/c1-3-12(4-2)16-18-19-17(23-16)20-24(21,22)15-10-9-13-7-5-6-8-14(13)11-15/h5-12H,3-4H2,1-2H3,(H,19,20). The summed E-state index contributed by atoms with van der Waals surface area (Å²) in [4.78, 5) is 0.223. The number of nitrogens with one attached hydrogen (secondary N) is 1. The SMILES string of the molecule is CCC(CC)c1nnc(NS(=O)(=O)c2ccc3ccccc3c2)s1. The van der Waals surface area contributed by atoms with Gasteiger partial charge in [-0.25, -0.2) is 8.42 Å². The van der Waals surface area contributed by atoms with E-state index in [1.165, 1.54) is 11.3 Å². The van der Waals surface area contributed by atoms with Crippen molar-refractivity contribution in [3.63, 3.8) is 0 Å². The monoisotopic (exact) mass is 361 g/mol. The number of rotatable bonds is 6. The van der Waals surface area contributed by atoms with Crippen molar-refractivity contribution in [3.8, 4) is 0 Å². The lowest BCUT2D eigenvalue weighted by Crippen LogP contribution is -2.12. The Balaban J connectivity index is 1.87. The van der Waals surface area contributed by atoms with Crippen LogP contribution >= 0.6 is 11.3 Å². The van der Waals surface area contributed by atoms with Crippen LogP contribution in [0.4, 0.5) is 5.13 Å². The van der Waals surface area contributed by atoms with E-state index in [2.05, 4.69) is 28.8 Å². The summed E-state index contributed by atoms with van der Waals surface area (Å²) in [5, 5.41) is 11.2. The van der Waals surface area contributed by atoms with Crippen LogP contribution in [0.1, 0.15) is 37.6 Å². The van der Waals surface area contributed by atoms with Crippen LogP contribution in [0, 0.1) is 0 Å². The highest BCUT2D eigenvalue weighted by Crippen LogP contribution is 2.29. The summed E-state index contributed by atoms with van der Waals surface area (Å²) in [6.45, 7) is 4.18. The second-order valence-corrected chi connectivity index (χ2v) is 8.26. The van der Waals surface area contributed by atoms with Crippen LogP contribution in [0.25, 0.3) is 10.8 Å². The highest BCUT2D eigenvalue weighted by atomic mass is 32.2. The van der Waals surface area contributed by atoms with Crippen molar-refractivity contribution in [3.05, 3.63) is 47.5 Å². The molecule has 3 rings (SSSR count). The zero-order valence-electron chi connectivity index (χ0n) is 13.6. The molecule has 0 saturated carbocycles. The number of hydrogen-bond acceptors (Lipinski definition) is 5. The molecule has 1 N–H and O–H groups in total. The first-order valence-corrected chi connectivity index (χ1v) is 10.2. The molecular weight excluding hydrogens is 342 g/mol. The van der Waals surface area contributed by atoms with Gasteiger partial charge in [0.1, 0.15) is 5.01 Å². The van der Waals surface area contributed by atoms with Gasteiger partial charge in [-0.2, -0.15) is 0 Å². The minimum atomic E-state index is -3.67. The molecule has 0 unspecified atom stereocenters. The predicted octanol–water partition coefficient (Wildman–Crippen LogP) is 4.40. The fourth-order valence-corrected chi connectivity index (χ4v) is 4.86. The fraction of sp³-hybridized carbons (Fsp3) is 0.294. The number of hydrogen-bond donors (Lipinski definition) is 1. The smallest absolute Gasteiger partial charge is 0.253 e. The van der Waals surface area contributed by atoms with Crippen LogP contribution in [0.5, 0.6) is 0 Å². The quantitative estimate of drug-likeness (QED) is 0.706. The maximum Gasteiger partial charge on any atom is 0.263 e. The largest absolute Gasteiger partial charge is 0.263 e. The van der Waals surface area contributed by atoms with Gasteiger partial charge in [-0.05, 0) is 35.7 Å². The van der Waals surface area contributed by atoms with Gasteiger partial charge in [-0.15, -0.1) is 10.2 Å². The first-order chi connectivity index (χ1) is 11.5. The molecule has 0 bridgehead atoms. The highest BCUT2D eigenvalue weighted by molar-refractivity contribution is 7.93. The van der Waals surface area contributed by atoms with Gasteiger partial charge in [-0.3, -0.25) is 4.72 Å². The van der Waals surface area contributed by atoms with Crippen LogP contribution in [0.2, 0.25) is 0 Å². The van der Waals surface area contributed by atoms with Crippen molar-refractivity contribution in [2.45, 2.75) is 37.5 Å². The lowest BCUT2D eigenvalue weighted by molar-refractivity contribution is 0.601. The average Bonchev–Trinajstić information content (AvgIpc) is 3.03. The Hall–Kier alpha value is -1.99. The third kappa shape index (κ3) is 3.42. The minimum absolute atomic E-state index is 0.223. The lowest BCUT2D eigenvalue weighted by atomic mass is 10.1. The predicted molar refractivity (Wildman–Crippen MR) is 98.0 cm³/mol. The number of benzene rings is 2. The second-order valence-electron chi connectivity index (χ2n) is 5.57. The fourth-order valence-electron chi connectivity index (χ4n) is 2.59. The van der Waals surface area contributed by atoms with Gasteiger partial charge in [0.05, 0.1) is 4.90 Å². The van der Waals surface area contributed by atoms with Gasteiger partial charge in [0.25, 0.3) is 10.0 Å². The van der Waals surface area contributed by atoms with Crippen LogP contribution < -0.4 is 4.72 Å². The molecule has 0 saturated heterocycles. The topological polar surface area (TPSA) is 72.0 Å². The number of sulfonamides is 1. The summed E-state index contributed by atoms with van der Waals surface area (Å²) in [6, 6.07) is 12.7. The van der Waals surface area contributed by atoms with Gasteiger partial charge in [0, 0.05) is 5.92 Å². The van der Waals surface area contributed by atoms with Crippen LogP contribution in [0.3, 0.4) is 0 Å². The number of fused-ring (bicyclic) bond motifs is 1. The number of nitrogens with zero attached hydrogens (tertiary/aromatic N) is 2. The van der Waals surface area contributed by atoms with Gasteiger partial charge in [0.2, 0.25) is 5.13 Å². The van der Waals surface area contributed by atoms with Crippen LogP contribution in [-0.4, -0.2) is 18.6 Å². The molecule has 24 heavy (non-hydrogen) atoms. The third-order valence-corrected chi connectivity index (χ3v) is 6.50. The third-order valence-electron chi connectivity index (χ3n) is 4.03. The zero-order valence-corrected chi connectivity index (χ0v) is 15.2. The molecule has 126 valence electrons. The molecule has 3 aromatic rings. The van der Waals surface area contributed by atoms with Crippen LogP contribution in [0.15, 0.2) is 47.4 Å². The van der Waals surface area contributed by atoms with Gasteiger partial charge in [0.15, 0.2) is 0 Å². The van der Waals surface area contributed by atoms with Crippen molar-refractivity contribution >= 4 is 37.3 Å². The Morgan fingerprint density at radius 2 is 1.75 bits per heavy atom. The van der Waals surface area contributed by atoms with E-state index in [9.17, 15) is 8.42 Å². The first-order valence-electron chi connectivity index (χ1n) is 7.88. The summed E-state index contributed by atoms with van der Waals surface area (Å²) in [6.07, 6.45) is 1.92. The van der Waals surface area contributed by atoms with E-state index in [1.54, 1.807) is 18.2 Å². The van der Waals surface area contributed by atoms with E-state index in [4.69, 9.17) is 0 Å². The zero-order chi connectivity index (χ0) is 17.2. The van der Waals surface area contributed by atoms with E-state index >= 15 is 0 Å². The minimum Gasteiger partial charge on any atom is -0.253 e. The maximum absolute atomic E-state index is 12.6. The van der Waals surface area contributed by atoms with Crippen LogP contribution in [-0.2, 0) is 10.0 Å². The molecule has 7 heteroatoms. The van der Waals surface area contributed by atoms with Crippen molar-refractivity contribution < 1.29 is 8.42 Å². The Morgan fingerprint density at radius 3 is 2.46 bits per heavy atom. The summed E-state index contributed by atoms with van der Waals surface area (Å²) in [5.74, 6) is 0.321. The van der Waals surface area contributed by atoms with E-state index < -0.39 is 10.0 Å². The second kappa shape index (κ2) is 6.86. The van der Waals surface area contributed by atoms with Crippen molar-refractivity contribution in [1.82, 2.24) is 10.2 Å². The molecule has 0 atom stereocenters. The molecule has 0 aliphatic carbocycles. The molecule has 1 aromatic heterocycles. The summed E-state index contributed by atoms with van der Waals surface area (Å²) >= 11 is 1.30. The molecule has 0 amide bonds. The van der Waals surface area contributed by atoms with E-state index in [1.807, 2.05) is 24.3 Å². The molecule has 0 fully saturated rings. The number of anilines is 1. The molecule has 0 radical (unpaired) electrons. The molecule has 5 nitrogen and oxygen atoms in total. The van der Waals surface area contributed by atoms with Crippen molar-refractivity contribution in [1.29, 1.82) is 0 Å². The lowest BCUT2D eigenvalue weighted by Gasteiger charge is -2.07. The van der Waals surface area contributed by atoms with E-state index in [0.29, 0.717) is 11.0 Å². The van der Waals surface area contributed by atoms with Crippen molar-refractivity contribution in [2.75, 3.05) is 4.72 Å². The Bertz CT molecular complexity index is 947. The molecule has 0 aliphatic rings. The summed E-state index contributed by atoms with van der Waals surface area (Å²) < 4.78 is 27.7. The normalized spacial score (nSPS) is 12.0. The van der Waals surface area contributed by atoms with Gasteiger partial charge >= 0.3 is 0 Å². The van der Waals surface area contributed by atoms with E-state index in [0.717, 1.165) is 28.6 Å². The molecule has 2 aromatic carbocycles. The maximum atomic E-state index is 12.6. The number of aromatic nitrogens is 2. The molecule has 0 aliphatic heterocycles. The molecule has 1 heterocycles. The van der Waals surface area contributed by atoms with Crippen molar-refractivity contribution in [2.24, 2.45) is 0 Å².